The van der Waals surface area contributed by atoms with Crippen molar-refractivity contribution >= 4 is 11.6 Å². The van der Waals surface area contributed by atoms with E-state index < -0.39 is 0 Å². The third-order valence-corrected chi connectivity index (χ3v) is 2.97. The topological polar surface area (TPSA) is 67.6 Å². The molecule has 1 N–H and O–H groups in total. The number of aryl methyl sites for hydroxylation is 2. The average molecular weight is 275 g/mol. The lowest BCUT2D eigenvalue weighted by Crippen LogP contribution is -1.90. The molecule has 2 aromatic heterocycles. The van der Waals surface area contributed by atoms with Crippen molar-refractivity contribution in [1.82, 2.24) is 20.3 Å². The first-order valence-corrected chi connectivity index (χ1v) is 6.25. The van der Waals surface area contributed by atoms with Crippen LogP contribution in [0.1, 0.15) is 11.5 Å². The van der Waals surface area contributed by atoms with Crippen LogP contribution in [-0.2, 0) is 12.8 Å². The summed E-state index contributed by atoms with van der Waals surface area (Å²) in [6.45, 7) is 0. The zero-order valence-corrected chi connectivity index (χ0v) is 10.8. The Hall–Kier alpha value is -2.14. The van der Waals surface area contributed by atoms with Gasteiger partial charge in [-0.15, -0.1) is 0 Å². The number of hydrogen-bond donors (Lipinski definition) is 1. The molecule has 0 atom stereocenters. The van der Waals surface area contributed by atoms with Crippen LogP contribution in [0.25, 0.3) is 11.4 Å². The van der Waals surface area contributed by atoms with Gasteiger partial charge in [0.1, 0.15) is 0 Å². The van der Waals surface area contributed by atoms with E-state index in [1.54, 1.807) is 6.20 Å². The summed E-state index contributed by atoms with van der Waals surface area (Å²) in [6, 6.07) is 7.38. The number of nitrogens with zero attached hydrogens (tertiary/aromatic N) is 3. The minimum absolute atomic E-state index is 0.560. The largest absolute Gasteiger partial charge is 0.339 e. The highest BCUT2D eigenvalue weighted by molar-refractivity contribution is 6.30. The molecular weight excluding hydrogens is 264 g/mol. The van der Waals surface area contributed by atoms with E-state index >= 15 is 0 Å². The van der Waals surface area contributed by atoms with Crippen molar-refractivity contribution in [3.63, 3.8) is 0 Å². The molecule has 2 heterocycles. The van der Waals surface area contributed by atoms with Crippen molar-refractivity contribution in [3.8, 4) is 11.4 Å². The summed E-state index contributed by atoms with van der Waals surface area (Å²) in [5.74, 6) is 1.17. The van der Waals surface area contributed by atoms with Gasteiger partial charge in [0.2, 0.25) is 11.7 Å². The smallest absolute Gasteiger partial charge is 0.227 e. The Balaban J connectivity index is 1.72. The van der Waals surface area contributed by atoms with E-state index in [1.807, 2.05) is 30.5 Å². The van der Waals surface area contributed by atoms with E-state index in [0.29, 0.717) is 23.2 Å². The highest BCUT2D eigenvalue weighted by Crippen LogP contribution is 2.20. The zero-order valence-electron chi connectivity index (χ0n) is 10.0. The summed E-state index contributed by atoms with van der Waals surface area (Å²) in [5.41, 5.74) is 1.97. The van der Waals surface area contributed by atoms with E-state index in [-0.39, 0.29) is 0 Å². The SMILES string of the molecule is Clc1cccc(-c2noc(CCc3cn[nH]c3)n2)c1. The second-order valence-corrected chi connectivity index (χ2v) is 4.57. The quantitative estimate of drug-likeness (QED) is 0.794. The molecule has 0 aliphatic heterocycles. The van der Waals surface area contributed by atoms with E-state index in [4.69, 9.17) is 16.1 Å². The van der Waals surface area contributed by atoms with Crippen LogP contribution in [0.3, 0.4) is 0 Å². The third kappa shape index (κ3) is 2.82. The summed E-state index contributed by atoms with van der Waals surface area (Å²) >= 11 is 5.93. The summed E-state index contributed by atoms with van der Waals surface area (Å²) in [7, 11) is 0. The summed E-state index contributed by atoms with van der Waals surface area (Å²) < 4.78 is 5.22. The van der Waals surface area contributed by atoms with Crippen LogP contribution < -0.4 is 0 Å². The summed E-state index contributed by atoms with van der Waals surface area (Å²) in [5, 5.41) is 11.3. The molecule has 96 valence electrons. The first-order valence-electron chi connectivity index (χ1n) is 5.87. The van der Waals surface area contributed by atoms with Gasteiger partial charge >= 0.3 is 0 Å². The minimum Gasteiger partial charge on any atom is -0.339 e. The molecule has 3 rings (SSSR count). The molecule has 0 bridgehead atoms. The van der Waals surface area contributed by atoms with Crippen molar-refractivity contribution in [3.05, 3.63) is 53.1 Å². The minimum atomic E-state index is 0.560. The zero-order chi connectivity index (χ0) is 13.1. The fraction of sp³-hybridized carbons (Fsp3) is 0.154. The molecule has 0 radical (unpaired) electrons. The first kappa shape index (κ1) is 11.9. The van der Waals surface area contributed by atoms with Gasteiger partial charge in [-0.1, -0.05) is 28.9 Å². The number of aromatic nitrogens is 4. The van der Waals surface area contributed by atoms with Gasteiger partial charge in [-0.3, -0.25) is 5.10 Å². The molecule has 0 unspecified atom stereocenters. The Kier molecular flexibility index (Phi) is 3.29. The Bertz CT molecular complexity index is 663. The van der Waals surface area contributed by atoms with Crippen molar-refractivity contribution in [2.75, 3.05) is 0 Å². The maximum absolute atomic E-state index is 5.93. The molecule has 0 amide bonds. The van der Waals surface area contributed by atoms with Gasteiger partial charge in [0, 0.05) is 23.2 Å². The van der Waals surface area contributed by atoms with Gasteiger partial charge in [0.05, 0.1) is 6.20 Å². The van der Waals surface area contributed by atoms with Crippen LogP contribution in [0.2, 0.25) is 5.02 Å². The number of nitrogens with one attached hydrogen (secondary N) is 1. The first-order chi connectivity index (χ1) is 9.31. The van der Waals surface area contributed by atoms with Gasteiger partial charge in [-0.25, -0.2) is 0 Å². The van der Waals surface area contributed by atoms with E-state index in [1.165, 1.54) is 0 Å². The fourth-order valence-electron chi connectivity index (χ4n) is 1.77. The van der Waals surface area contributed by atoms with E-state index in [0.717, 1.165) is 17.5 Å². The van der Waals surface area contributed by atoms with Gasteiger partial charge < -0.3 is 4.52 Å². The van der Waals surface area contributed by atoms with Gasteiger partial charge in [0.25, 0.3) is 0 Å². The highest BCUT2D eigenvalue weighted by Gasteiger charge is 2.09. The van der Waals surface area contributed by atoms with Crippen LogP contribution in [0.5, 0.6) is 0 Å². The molecule has 0 aliphatic rings. The Morgan fingerprint density at radius 2 is 2.21 bits per heavy atom. The monoisotopic (exact) mass is 274 g/mol. The predicted molar refractivity (Wildman–Crippen MR) is 70.7 cm³/mol. The molecule has 0 aliphatic carbocycles. The van der Waals surface area contributed by atoms with Crippen molar-refractivity contribution < 1.29 is 4.52 Å². The predicted octanol–water partition coefficient (Wildman–Crippen LogP) is 2.90. The second kappa shape index (κ2) is 5.24. The lowest BCUT2D eigenvalue weighted by atomic mass is 10.2. The van der Waals surface area contributed by atoms with Crippen molar-refractivity contribution in [1.29, 1.82) is 0 Å². The molecular formula is C13H11ClN4O. The number of rotatable bonds is 4. The second-order valence-electron chi connectivity index (χ2n) is 4.13. The standard InChI is InChI=1S/C13H11ClN4O/c14-11-3-1-2-10(6-11)13-17-12(19-18-13)5-4-9-7-15-16-8-9/h1-3,6-8H,4-5H2,(H,15,16). The Labute approximate surface area is 114 Å². The molecule has 5 nitrogen and oxygen atoms in total. The molecule has 0 saturated carbocycles. The van der Waals surface area contributed by atoms with Crippen molar-refractivity contribution in [2.24, 2.45) is 0 Å². The van der Waals surface area contributed by atoms with Crippen LogP contribution in [0.4, 0.5) is 0 Å². The summed E-state index contributed by atoms with van der Waals surface area (Å²) in [6.07, 6.45) is 5.14. The molecule has 1 aromatic carbocycles. The maximum Gasteiger partial charge on any atom is 0.227 e. The van der Waals surface area contributed by atoms with E-state index in [2.05, 4.69) is 20.3 Å². The van der Waals surface area contributed by atoms with Gasteiger partial charge in [-0.2, -0.15) is 10.1 Å². The van der Waals surface area contributed by atoms with Crippen LogP contribution >= 0.6 is 11.6 Å². The molecule has 0 spiro atoms. The van der Waals surface area contributed by atoms with Gasteiger partial charge in [-0.05, 0) is 24.1 Å². The molecule has 0 saturated heterocycles. The van der Waals surface area contributed by atoms with Crippen LogP contribution in [0, 0.1) is 0 Å². The average Bonchev–Trinajstić information content (AvgIpc) is 3.08. The summed E-state index contributed by atoms with van der Waals surface area (Å²) in [4.78, 5) is 4.35. The molecule has 6 heteroatoms. The lowest BCUT2D eigenvalue weighted by Gasteiger charge is -1.94. The maximum atomic E-state index is 5.93. The normalized spacial score (nSPS) is 10.8. The third-order valence-electron chi connectivity index (χ3n) is 2.73. The van der Waals surface area contributed by atoms with Crippen LogP contribution in [0.15, 0.2) is 41.2 Å². The number of halogens is 1. The number of hydrogen-bond acceptors (Lipinski definition) is 4. The van der Waals surface area contributed by atoms with Gasteiger partial charge in [0.15, 0.2) is 0 Å². The fourth-order valence-corrected chi connectivity index (χ4v) is 1.96. The van der Waals surface area contributed by atoms with Crippen LogP contribution in [-0.4, -0.2) is 20.3 Å². The number of aromatic amines is 1. The molecule has 19 heavy (non-hydrogen) atoms. The molecule has 3 aromatic rings. The lowest BCUT2D eigenvalue weighted by molar-refractivity contribution is 0.379. The molecule has 0 fully saturated rings. The Morgan fingerprint density at radius 1 is 1.26 bits per heavy atom. The number of benzene rings is 1. The highest BCUT2D eigenvalue weighted by atomic mass is 35.5. The Morgan fingerprint density at radius 3 is 3.00 bits per heavy atom. The number of H-pyrrole nitrogens is 1. The van der Waals surface area contributed by atoms with Crippen molar-refractivity contribution in [2.45, 2.75) is 12.8 Å². The van der Waals surface area contributed by atoms with E-state index in [9.17, 15) is 0 Å².